The molecule has 0 bridgehead atoms. The first kappa shape index (κ1) is 25.5. The first-order chi connectivity index (χ1) is 16.0. The molecule has 1 aromatic heterocycles. The van der Waals surface area contributed by atoms with Crippen molar-refractivity contribution in [2.24, 2.45) is 0 Å². The lowest BCUT2D eigenvalue weighted by Crippen LogP contribution is -2.46. The van der Waals surface area contributed by atoms with E-state index in [0.717, 1.165) is 33.9 Å². The smallest absolute Gasteiger partial charge is 0.475 e. The molecule has 4 N–H and O–H groups in total. The van der Waals surface area contributed by atoms with Crippen LogP contribution in [0.5, 0.6) is 0 Å². The van der Waals surface area contributed by atoms with Crippen LogP contribution < -0.4 is 5.32 Å². The third kappa shape index (κ3) is 6.70. The molecule has 12 heteroatoms. The quantitative estimate of drug-likeness (QED) is 0.394. The number of carbonyl (C=O) groups is 2. The molecule has 1 amide bonds. The second-order valence-corrected chi connectivity index (χ2v) is 8.61. The van der Waals surface area contributed by atoms with Gasteiger partial charge in [-0.2, -0.15) is 18.3 Å². The van der Waals surface area contributed by atoms with Gasteiger partial charge in [0.15, 0.2) is 6.10 Å². The molecule has 34 heavy (non-hydrogen) atoms. The first-order valence-corrected chi connectivity index (χ1v) is 11.1. The highest BCUT2D eigenvalue weighted by atomic mass is 79.9. The van der Waals surface area contributed by atoms with E-state index in [2.05, 4.69) is 37.5 Å². The summed E-state index contributed by atoms with van der Waals surface area (Å²) >= 11 is 3.37. The molecule has 2 unspecified atom stereocenters. The second kappa shape index (κ2) is 10.9. The van der Waals surface area contributed by atoms with Gasteiger partial charge in [0.05, 0.1) is 11.7 Å². The first-order valence-electron chi connectivity index (χ1n) is 10.3. The summed E-state index contributed by atoms with van der Waals surface area (Å²) in [4.78, 5) is 23.4. The van der Waals surface area contributed by atoms with Gasteiger partial charge in [-0.25, -0.2) is 4.79 Å². The number of fused-ring (bicyclic) bond motifs is 1. The SMILES string of the molecule is O=C(C(O)c1ccc(Br)cc1)N1CCCC(Nc2ccc3[nH]ncc3c2)C1.O=C(O)C(F)(F)F. The van der Waals surface area contributed by atoms with Crippen molar-refractivity contribution >= 4 is 44.4 Å². The van der Waals surface area contributed by atoms with E-state index in [0.29, 0.717) is 18.7 Å². The van der Waals surface area contributed by atoms with Gasteiger partial charge in [0.25, 0.3) is 5.91 Å². The topological polar surface area (TPSA) is 119 Å². The Morgan fingerprint density at radius 1 is 1.21 bits per heavy atom. The van der Waals surface area contributed by atoms with Crippen molar-refractivity contribution in [3.63, 3.8) is 0 Å². The van der Waals surface area contributed by atoms with E-state index in [1.54, 1.807) is 23.2 Å². The lowest BCUT2D eigenvalue weighted by atomic mass is 10.0. The van der Waals surface area contributed by atoms with Crippen molar-refractivity contribution in [2.45, 2.75) is 31.2 Å². The fourth-order valence-electron chi connectivity index (χ4n) is 3.52. The number of nitrogens with zero attached hydrogens (tertiary/aromatic N) is 2. The molecule has 0 radical (unpaired) electrons. The number of amides is 1. The number of anilines is 1. The molecule has 0 spiro atoms. The largest absolute Gasteiger partial charge is 0.490 e. The molecule has 182 valence electrons. The van der Waals surface area contributed by atoms with Crippen LogP contribution in [0.3, 0.4) is 0 Å². The van der Waals surface area contributed by atoms with E-state index in [-0.39, 0.29) is 11.9 Å². The van der Waals surface area contributed by atoms with Crippen molar-refractivity contribution in [2.75, 3.05) is 18.4 Å². The van der Waals surface area contributed by atoms with Gasteiger partial charge in [0.2, 0.25) is 0 Å². The lowest BCUT2D eigenvalue weighted by molar-refractivity contribution is -0.192. The van der Waals surface area contributed by atoms with Crippen LogP contribution in [0.1, 0.15) is 24.5 Å². The summed E-state index contributed by atoms with van der Waals surface area (Å²) in [6, 6.07) is 13.4. The summed E-state index contributed by atoms with van der Waals surface area (Å²) in [7, 11) is 0. The van der Waals surface area contributed by atoms with Gasteiger partial charge in [-0.3, -0.25) is 9.89 Å². The summed E-state index contributed by atoms with van der Waals surface area (Å²) in [5, 5.41) is 29.1. The standard InChI is InChI=1S/C20H21BrN4O2.C2HF3O2/c21-15-5-3-13(4-6-15)19(26)20(27)25-9-1-2-17(12-25)23-16-7-8-18-14(10-16)11-22-24-18;3-2(4,5)1(6)7/h3-8,10-11,17,19,23,26H,1-2,9,12H2,(H,22,24);(H,6,7). The molecule has 1 saturated heterocycles. The van der Waals surface area contributed by atoms with Gasteiger partial charge in [0.1, 0.15) is 0 Å². The number of aromatic nitrogens is 2. The number of rotatable bonds is 4. The molecule has 1 fully saturated rings. The number of aromatic amines is 1. The van der Waals surface area contributed by atoms with Crippen LogP contribution in [-0.4, -0.2) is 62.5 Å². The third-order valence-corrected chi connectivity index (χ3v) is 5.73. The second-order valence-electron chi connectivity index (χ2n) is 7.70. The van der Waals surface area contributed by atoms with Gasteiger partial charge in [-0.05, 0) is 48.7 Å². The number of hydrogen-bond donors (Lipinski definition) is 4. The number of carboxylic acids is 1. The number of likely N-dealkylation sites (tertiary alicyclic amines) is 1. The molecule has 2 atom stereocenters. The number of benzene rings is 2. The zero-order valence-electron chi connectivity index (χ0n) is 17.7. The highest BCUT2D eigenvalue weighted by Crippen LogP contribution is 2.23. The number of nitrogens with one attached hydrogen (secondary N) is 2. The van der Waals surface area contributed by atoms with E-state index in [1.807, 2.05) is 24.3 Å². The molecule has 8 nitrogen and oxygen atoms in total. The Labute approximate surface area is 200 Å². The van der Waals surface area contributed by atoms with Gasteiger partial charge < -0.3 is 20.4 Å². The van der Waals surface area contributed by atoms with E-state index in [1.165, 1.54) is 0 Å². The lowest BCUT2D eigenvalue weighted by Gasteiger charge is -2.35. The minimum absolute atomic E-state index is 0.157. The molecular weight excluding hydrogens is 521 g/mol. The number of H-pyrrole nitrogens is 1. The maximum atomic E-state index is 12.7. The molecule has 4 rings (SSSR count). The number of carbonyl (C=O) groups excluding carboxylic acids is 1. The van der Waals surface area contributed by atoms with Crippen LogP contribution in [0, 0.1) is 0 Å². The van der Waals surface area contributed by atoms with Crippen molar-refractivity contribution < 1.29 is 33.0 Å². The predicted octanol–water partition coefficient (Wildman–Crippen LogP) is 4.10. The Bertz CT molecular complexity index is 1140. The molecule has 2 heterocycles. The summed E-state index contributed by atoms with van der Waals surface area (Å²) in [5.41, 5.74) is 2.62. The van der Waals surface area contributed by atoms with Crippen LogP contribution in [-0.2, 0) is 9.59 Å². The molecular formula is C22H22BrF3N4O4. The Hall–Kier alpha value is -3.12. The number of aliphatic carboxylic acids is 1. The number of hydrogen-bond acceptors (Lipinski definition) is 5. The van der Waals surface area contributed by atoms with Crippen LogP contribution >= 0.6 is 15.9 Å². The number of carboxylic acid groups (broad SMARTS) is 1. The monoisotopic (exact) mass is 542 g/mol. The van der Waals surface area contributed by atoms with Crippen molar-refractivity contribution in [1.29, 1.82) is 0 Å². The Morgan fingerprint density at radius 2 is 1.88 bits per heavy atom. The fourth-order valence-corrected chi connectivity index (χ4v) is 3.79. The van der Waals surface area contributed by atoms with Crippen LogP contribution in [0.25, 0.3) is 10.9 Å². The number of alkyl halides is 3. The molecule has 0 saturated carbocycles. The third-order valence-electron chi connectivity index (χ3n) is 5.21. The van der Waals surface area contributed by atoms with Gasteiger partial charge in [-0.15, -0.1) is 0 Å². The van der Waals surface area contributed by atoms with Crippen LogP contribution in [0.4, 0.5) is 18.9 Å². The normalized spacial score (nSPS) is 17.0. The fraction of sp³-hybridized carbons (Fsp3) is 0.318. The predicted molar refractivity (Wildman–Crippen MR) is 122 cm³/mol. The summed E-state index contributed by atoms with van der Waals surface area (Å²) in [5.74, 6) is -3.00. The van der Waals surface area contributed by atoms with Crippen molar-refractivity contribution in [3.8, 4) is 0 Å². The molecule has 0 aliphatic carbocycles. The van der Waals surface area contributed by atoms with Crippen LogP contribution in [0.15, 0.2) is 53.1 Å². The average Bonchev–Trinajstić information content (AvgIpc) is 3.26. The number of aliphatic hydroxyl groups is 1. The minimum Gasteiger partial charge on any atom is -0.475 e. The Balaban J connectivity index is 0.000000406. The Morgan fingerprint density at radius 3 is 2.53 bits per heavy atom. The number of piperidine rings is 1. The maximum Gasteiger partial charge on any atom is 0.490 e. The highest BCUT2D eigenvalue weighted by Gasteiger charge is 2.38. The summed E-state index contributed by atoms with van der Waals surface area (Å²) in [6.45, 7) is 1.25. The Kier molecular flexibility index (Phi) is 8.15. The van der Waals surface area contributed by atoms with E-state index in [9.17, 15) is 23.1 Å². The average molecular weight is 543 g/mol. The molecule has 1 aliphatic heterocycles. The molecule has 3 aromatic rings. The molecule has 2 aromatic carbocycles. The molecule has 1 aliphatic rings. The van der Waals surface area contributed by atoms with E-state index >= 15 is 0 Å². The maximum absolute atomic E-state index is 12.7. The zero-order chi connectivity index (χ0) is 24.9. The van der Waals surface area contributed by atoms with Gasteiger partial charge in [-0.1, -0.05) is 28.1 Å². The van der Waals surface area contributed by atoms with Crippen molar-refractivity contribution in [1.82, 2.24) is 15.1 Å². The summed E-state index contributed by atoms with van der Waals surface area (Å²) < 4.78 is 32.7. The van der Waals surface area contributed by atoms with Crippen molar-refractivity contribution in [3.05, 3.63) is 58.7 Å². The highest BCUT2D eigenvalue weighted by molar-refractivity contribution is 9.10. The minimum atomic E-state index is -5.08. The van der Waals surface area contributed by atoms with Gasteiger partial charge >= 0.3 is 12.1 Å². The number of aliphatic hydroxyl groups excluding tert-OH is 1. The van der Waals surface area contributed by atoms with E-state index in [4.69, 9.17) is 9.90 Å². The van der Waals surface area contributed by atoms with Gasteiger partial charge in [0, 0.05) is 34.7 Å². The summed E-state index contributed by atoms with van der Waals surface area (Å²) in [6.07, 6.45) is -2.52. The van der Waals surface area contributed by atoms with Crippen LogP contribution in [0.2, 0.25) is 0 Å². The number of halogens is 4. The van der Waals surface area contributed by atoms with E-state index < -0.39 is 18.2 Å². The zero-order valence-corrected chi connectivity index (χ0v) is 19.3.